The number of nitrogens with one attached hydrogen (secondary N) is 2. The van der Waals surface area contributed by atoms with Gasteiger partial charge in [0.15, 0.2) is 0 Å². The van der Waals surface area contributed by atoms with Crippen molar-refractivity contribution < 1.29 is 9.00 Å². The molecule has 0 saturated heterocycles. The highest BCUT2D eigenvalue weighted by Crippen LogP contribution is 2.04. The zero-order valence-electron chi connectivity index (χ0n) is 9.94. The predicted octanol–water partition coefficient (Wildman–Crippen LogP) is 1.50. The van der Waals surface area contributed by atoms with Gasteiger partial charge in [-0.2, -0.15) is 0 Å². The molecule has 0 aliphatic carbocycles. The average Bonchev–Trinajstić information content (AvgIpc) is 2.37. The van der Waals surface area contributed by atoms with Crippen LogP contribution in [0.4, 0.5) is 4.79 Å². The Morgan fingerprint density at radius 3 is 2.47 bits per heavy atom. The number of hydrogen-bond donors (Lipinski definition) is 2. The first-order valence-corrected chi connectivity index (χ1v) is 7.01. The highest BCUT2D eigenvalue weighted by atomic mass is 32.2. The fourth-order valence-corrected chi connectivity index (χ4v) is 2.23. The summed E-state index contributed by atoms with van der Waals surface area (Å²) in [6, 6.07) is 9.05. The van der Waals surface area contributed by atoms with Crippen molar-refractivity contribution in [2.75, 3.05) is 18.8 Å². The highest BCUT2D eigenvalue weighted by molar-refractivity contribution is 7.85. The number of rotatable bonds is 6. The van der Waals surface area contributed by atoms with E-state index in [0.29, 0.717) is 18.8 Å². The molecule has 1 aromatic rings. The van der Waals surface area contributed by atoms with E-state index in [-0.39, 0.29) is 6.03 Å². The standard InChI is InChI=1S/C12H18N2O2S/c1-2-8-13-12(15)14-9-10-17(16)11-6-4-3-5-7-11/h3-7H,2,8-10H2,1H3,(H2,13,14,15)/t17-/m1/s1. The Balaban J connectivity index is 2.23. The normalized spacial score (nSPS) is 11.8. The predicted molar refractivity (Wildman–Crippen MR) is 69.4 cm³/mol. The summed E-state index contributed by atoms with van der Waals surface area (Å²) >= 11 is 0. The highest BCUT2D eigenvalue weighted by Gasteiger charge is 2.03. The lowest BCUT2D eigenvalue weighted by Gasteiger charge is -2.06. The molecule has 0 aliphatic rings. The van der Waals surface area contributed by atoms with Crippen molar-refractivity contribution in [1.29, 1.82) is 0 Å². The van der Waals surface area contributed by atoms with E-state index in [9.17, 15) is 9.00 Å². The lowest BCUT2D eigenvalue weighted by Crippen LogP contribution is -2.37. The van der Waals surface area contributed by atoms with Crippen molar-refractivity contribution in [2.24, 2.45) is 0 Å². The van der Waals surface area contributed by atoms with Crippen molar-refractivity contribution in [1.82, 2.24) is 10.6 Å². The quantitative estimate of drug-likeness (QED) is 0.808. The maximum Gasteiger partial charge on any atom is 0.314 e. The molecule has 0 aromatic heterocycles. The summed E-state index contributed by atoms with van der Waals surface area (Å²) in [5.74, 6) is 0.434. The van der Waals surface area contributed by atoms with E-state index in [1.54, 1.807) is 0 Å². The largest absolute Gasteiger partial charge is 0.338 e. The van der Waals surface area contributed by atoms with Gasteiger partial charge in [0.25, 0.3) is 0 Å². The van der Waals surface area contributed by atoms with Gasteiger partial charge < -0.3 is 10.6 Å². The van der Waals surface area contributed by atoms with Crippen LogP contribution in [0.15, 0.2) is 35.2 Å². The van der Waals surface area contributed by atoms with Crippen LogP contribution in [0.5, 0.6) is 0 Å². The third-order valence-corrected chi connectivity index (χ3v) is 3.49. The number of carbonyl (C=O) groups is 1. The second kappa shape index (κ2) is 7.84. The van der Waals surface area contributed by atoms with E-state index >= 15 is 0 Å². The monoisotopic (exact) mass is 254 g/mol. The summed E-state index contributed by atoms with van der Waals surface area (Å²) in [6.45, 7) is 3.06. The fraction of sp³-hybridized carbons (Fsp3) is 0.417. The maximum absolute atomic E-state index is 11.8. The second-order valence-corrected chi connectivity index (χ2v) is 5.12. The van der Waals surface area contributed by atoms with Crippen molar-refractivity contribution in [3.05, 3.63) is 30.3 Å². The van der Waals surface area contributed by atoms with Gasteiger partial charge in [-0.15, -0.1) is 0 Å². The van der Waals surface area contributed by atoms with Gasteiger partial charge in [0.05, 0.1) is 10.8 Å². The molecule has 2 amide bonds. The molecule has 0 aliphatic heterocycles. The molecule has 17 heavy (non-hydrogen) atoms. The number of benzene rings is 1. The molecule has 1 atom stereocenters. The Morgan fingerprint density at radius 2 is 1.82 bits per heavy atom. The molecule has 94 valence electrons. The van der Waals surface area contributed by atoms with Crippen LogP contribution in [0.1, 0.15) is 13.3 Å². The van der Waals surface area contributed by atoms with E-state index in [4.69, 9.17) is 0 Å². The van der Waals surface area contributed by atoms with Gasteiger partial charge in [0, 0.05) is 23.7 Å². The van der Waals surface area contributed by atoms with Crippen LogP contribution in [-0.4, -0.2) is 29.1 Å². The first-order chi connectivity index (χ1) is 8.24. The Hall–Kier alpha value is -1.36. The molecule has 0 saturated carbocycles. The van der Waals surface area contributed by atoms with Crippen molar-refractivity contribution in [2.45, 2.75) is 18.2 Å². The van der Waals surface area contributed by atoms with Crippen LogP contribution in [0.25, 0.3) is 0 Å². The molecule has 2 N–H and O–H groups in total. The minimum Gasteiger partial charge on any atom is -0.338 e. The van der Waals surface area contributed by atoms with Gasteiger partial charge in [-0.05, 0) is 18.6 Å². The number of carbonyl (C=O) groups excluding carboxylic acids is 1. The summed E-state index contributed by atoms with van der Waals surface area (Å²) in [4.78, 5) is 12.0. The van der Waals surface area contributed by atoms with E-state index in [0.717, 1.165) is 11.3 Å². The third kappa shape index (κ3) is 5.49. The maximum atomic E-state index is 11.8. The molecular formula is C12H18N2O2S. The Labute approximate surface area is 104 Å². The molecule has 0 spiro atoms. The Bertz CT molecular complexity index is 368. The Morgan fingerprint density at radius 1 is 1.18 bits per heavy atom. The van der Waals surface area contributed by atoms with Gasteiger partial charge in [-0.1, -0.05) is 25.1 Å². The molecule has 1 rings (SSSR count). The molecule has 0 unspecified atom stereocenters. The number of hydrogen-bond acceptors (Lipinski definition) is 2. The van der Waals surface area contributed by atoms with E-state index < -0.39 is 10.8 Å². The zero-order valence-corrected chi connectivity index (χ0v) is 10.8. The molecular weight excluding hydrogens is 236 g/mol. The van der Waals surface area contributed by atoms with Gasteiger partial charge in [0.1, 0.15) is 0 Å². The molecule has 0 bridgehead atoms. The first-order valence-electron chi connectivity index (χ1n) is 5.69. The summed E-state index contributed by atoms with van der Waals surface area (Å²) in [7, 11) is -1.05. The number of amides is 2. The third-order valence-electron chi connectivity index (χ3n) is 2.11. The lowest BCUT2D eigenvalue weighted by molar-refractivity contribution is 0.241. The van der Waals surface area contributed by atoms with Gasteiger partial charge in [0.2, 0.25) is 0 Å². The SMILES string of the molecule is CCCNC(=O)NCC[S@@](=O)c1ccccc1. The Kier molecular flexibility index (Phi) is 6.32. The summed E-state index contributed by atoms with van der Waals surface area (Å²) < 4.78 is 11.8. The fourth-order valence-electron chi connectivity index (χ4n) is 1.25. The van der Waals surface area contributed by atoms with Crippen LogP contribution in [0, 0.1) is 0 Å². The van der Waals surface area contributed by atoms with Crippen LogP contribution in [0.2, 0.25) is 0 Å². The second-order valence-electron chi connectivity index (χ2n) is 3.55. The van der Waals surface area contributed by atoms with Crippen LogP contribution in [0.3, 0.4) is 0 Å². The lowest BCUT2D eigenvalue weighted by atomic mass is 10.4. The summed E-state index contributed by atoms with van der Waals surface area (Å²) in [5.41, 5.74) is 0. The van der Waals surface area contributed by atoms with E-state index in [2.05, 4.69) is 10.6 Å². The minimum absolute atomic E-state index is 0.197. The van der Waals surface area contributed by atoms with Crippen molar-refractivity contribution in [3.63, 3.8) is 0 Å². The smallest absolute Gasteiger partial charge is 0.314 e. The van der Waals surface area contributed by atoms with Crippen LogP contribution in [-0.2, 0) is 10.8 Å². The molecule has 0 radical (unpaired) electrons. The van der Waals surface area contributed by atoms with Crippen LogP contribution < -0.4 is 10.6 Å². The van der Waals surface area contributed by atoms with E-state index in [1.807, 2.05) is 37.3 Å². The molecule has 4 nitrogen and oxygen atoms in total. The molecule has 0 fully saturated rings. The van der Waals surface area contributed by atoms with Gasteiger partial charge in [-0.25, -0.2) is 4.79 Å². The van der Waals surface area contributed by atoms with Crippen LogP contribution >= 0.6 is 0 Å². The summed E-state index contributed by atoms with van der Waals surface area (Å²) in [5, 5.41) is 5.37. The average molecular weight is 254 g/mol. The van der Waals surface area contributed by atoms with E-state index in [1.165, 1.54) is 0 Å². The minimum atomic E-state index is -1.05. The zero-order chi connectivity index (χ0) is 12.5. The molecule has 1 aromatic carbocycles. The number of urea groups is 1. The van der Waals surface area contributed by atoms with Crippen molar-refractivity contribution >= 4 is 16.8 Å². The van der Waals surface area contributed by atoms with Gasteiger partial charge >= 0.3 is 6.03 Å². The van der Waals surface area contributed by atoms with Crippen molar-refractivity contribution in [3.8, 4) is 0 Å². The molecule has 0 heterocycles. The molecule has 5 heteroatoms. The first kappa shape index (κ1) is 13.7. The topological polar surface area (TPSA) is 58.2 Å². The van der Waals surface area contributed by atoms with Gasteiger partial charge in [-0.3, -0.25) is 4.21 Å². The summed E-state index contributed by atoms with van der Waals surface area (Å²) in [6.07, 6.45) is 0.906.